The Morgan fingerprint density at radius 2 is 2.17 bits per heavy atom. The molecule has 124 valence electrons. The van der Waals surface area contributed by atoms with Crippen molar-refractivity contribution in [2.45, 2.75) is 45.6 Å². The first-order valence-corrected chi connectivity index (χ1v) is 9.28. The van der Waals surface area contributed by atoms with E-state index < -0.39 is 0 Å². The lowest BCUT2D eigenvalue weighted by molar-refractivity contribution is 0.319. The van der Waals surface area contributed by atoms with Crippen molar-refractivity contribution in [3.8, 4) is 0 Å². The molecule has 1 aliphatic heterocycles. The van der Waals surface area contributed by atoms with Crippen LogP contribution in [0.25, 0.3) is 10.2 Å². The van der Waals surface area contributed by atoms with Gasteiger partial charge in [-0.1, -0.05) is 13.8 Å². The highest BCUT2D eigenvalue weighted by Crippen LogP contribution is 2.44. The zero-order valence-corrected chi connectivity index (χ0v) is 15.0. The number of aryl methyl sites for hydroxylation is 1. The fraction of sp³-hybridized carbons (Fsp3) is 0.647. The predicted octanol–water partition coefficient (Wildman–Crippen LogP) is 2.59. The van der Waals surface area contributed by atoms with Crippen LogP contribution < -0.4 is 16.0 Å². The van der Waals surface area contributed by atoms with Crippen molar-refractivity contribution in [3.63, 3.8) is 0 Å². The Bertz CT molecular complexity index is 751. The third-order valence-electron chi connectivity index (χ3n) is 5.29. The summed E-state index contributed by atoms with van der Waals surface area (Å²) in [6, 6.07) is 0.537. The van der Waals surface area contributed by atoms with Gasteiger partial charge in [-0.05, 0) is 43.7 Å². The third-order valence-corrected chi connectivity index (χ3v) is 6.57. The molecule has 2 aromatic rings. The number of nitrogens with zero attached hydrogens (tertiary/aromatic N) is 3. The molecule has 1 fully saturated rings. The van der Waals surface area contributed by atoms with Gasteiger partial charge in [0.2, 0.25) is 5.95 Å². The maximum Gasteiger partial charge on any atom is 0.222 e. The lowest BCUT2D eigenvalue weighted by Gasteiger charge is -2.29. The molecule has 0 bridgehead atoms. The number of hydrogen-bond acceptors (Lipinski definition) is 6. The summed E-state index contributed by atoms with van der Waals surface area (Å²) >= 11 is 1.89. The van der Waals surface area contributed by atoms with Crippen LogP contribution in [0.2, 0.25) is 0 Å². The second kappa shape index (κ2) is 5.31. The molecule has 0 unspecified atom stereocenters. The first-order valence-electron chi connectivity index (χ1n) is 8.47. The van der Waals surface area contributed by atoms with E-state index in [0.717, 1.165) is 43.7 Å². The highest BCUT2D eigenvalue weighted by Gasteiger charge is 2.31. The average Bonchev–Trinajstić information content (AvgIpc) is 3.10. The Balaban J connectivity index is 1.82. The van der Waals surface area contributed by atoms with Crippen molar-refractivity contribution in [1.29, 1.82) is 0 Å². The number of rotatable bonds is 2. The van der Waals surface area contributed by atoms with E-state index >= 15 is 0 Å². The Hall–Kier alpha value is -1.40. The molecule has 1 aliphatic carbocycles. The minimum absolute atomic E-state index is 0.353. The van der Waals surface area contributed by atoms with Gasteiger partial charge in [-0.3, -0.25) is 0 Å². The van der Waals surface area contributed by atoms with Gasteiger partial charge in [-0.15, -0.1) is 11.3 Å². The molecule has 0 saturated carbocycles. The number of hydrogen-bond donors (Lipinski definition) is 2. The zero-order valence-electron chi connectivity index (χ0n) is 14.1. The molecule has 6 heteroatoms. The smallest absolute Gasteiger partial charge is 0.222 e. The van der Waals surface area contributed by atoms with Crippen molar-refractivity contribution in [3.05, 3.63) is 10.4 Å². The van der Waals surface area contributed by atoms with Crippen molar-refractivity contribution >= 4 is 33.3 Å². The average molecular weight is 331 g/mol. The van der Waals surface area contributed by atoms with E-state index in [4.69, 9.17) is 5.73 Å². The van der Waals surface area contributed by atoms with Gasteiger partial charge < -0.3 is 16.0 Å². The summed E-state index contributed by atoms with van der Waals surface area (Å²) in [5, 5.41) is 3.37. The summed E-state index contributed by atoms with van der Waals surface area (Å²) in [5.41, 5.74) is 8.93. The molecule has 2 aliphatic rings. The van der Waals surface area contributed by atoms with E-state index in [1.807, 2.05) is 18.4 Å². The van der Waals surface area contributed by atoms with Crippen molar-refractivity contribution in [2.75, 3.05) is 30.8 Å². The number of nitrogens with two attached hydrogens (primary N) is 1. The largest absolute Gasteiger partial charge is 0.368 e. The number of anilines is 2. The van der Waals surface area contributed by atoms with E-state index in [1.54, 1.807) is 0 Å². The molecular weight excluding hydrogens is 306 g/mol. The fourth-order valence-electron chi connectivity index (χ4n) is 3.88. The minimum Gasteiger partial charge on any atom is -0.368 e. The Labute approximate surface area is 141 Å². The lowest BCUT2D eigenvalue weighted by Crippen LogP contribution is -2.30. The van der Waals surface area contributed by atoms with E-state index in [-0.39, 0.29) is 0 Å². The second-order valence-electron chi connectivity index (χ2n) is 7.65. The Morgan fingerprint density at radius 1 is 1.35 bits per heavy atom. The van der Waals surface area contributed by atoms with Crippen LogP contribution in [-0.4, -0.2) is 36.1 Å². The Kier molecular flexibility index (Phi) is 3.50. The first-order chi connectivity index (χ1) is 11.0. The number of nitrogens with one attached hydrogen (secondary N) is 1. The molecule has 5 nitrogen and oxygen atoms in total. The van der Waals surface area contributed by atoms with Crippen LogP contribution in [0.15, 0.2) is 0 Å². The highest BCUT2D eigenvalue weighted by atomic mass is 32.1. The zero-order chi connectivity index (χ0) is 16.2. The van der Waals surface area contributed by atoms with Gasteiger partial charge in [-0.25, -0.2) is 4.98 Å². The molecule has 0 spiro atoms. The number of thiophene rings is 1. The predicted molar refractivity (Wildman–Crippen MR) is 97.3 cm³/mol. The summed E-state index contributed by atoms with van der Waals surface area (Å²) in [5.74, 6) is 1.45. The molecule has 0 amide bonds. The number of aromatic nitrogens is 2. The molecule has 3 N–H and O–H groups in total. The van der Waals surface area contributed by atoms with Crippen LogP contribution in [0.1, 0.15) is 37.1 Å². The normalized spacial score (nSPS) is 23.4. The van der Waals surface area contributed by atoms with Crippen LogP contribution in [0.4, 0.5) is 11.8 Å². The summed E-state index contributed by atoms with van der Waals surface area (Å²) < 4.78 is 1.23. The molecule has 3 heterocycles. The molecular formula is C17H25N5S. The summed E-state index contributed by atoms with van der Waals surface area (Å²) in [7, 11) is 2.03. The minimum atomic E-state index is 0.353. The van der Waals surface area contributed by atoms with Gasteiger partial charge in [0.1, 0.15) is 0 Å². The van der Waals surface area contributed by atoms with E-state index in [2.05, 4.69) is 34.0 Å². The monoisotopic (exact) mass is 331 g/mol. The molecule has 0 radical (unpaired) electrons. The number of fused-ring (bicyclic) bond motifs is 3. The van der Waals surface area contributed by atoms with Crippen molar-refractivity contribution in [1.82, 2.24) is 15.3 Å². The van der Waals surface area contributed by atoms with E-state index in [1.165, 1.54) is 21.6 Å². The summed E-state index contributed by atoms with van der Waals surface area (Å²) in [4.78, 5) is 13.1. The van der Waals surface area contributed by atoms with Crippen LogP contribution >= 0.6 is 11.3 Å². The molecule has 0 aromatic carbocycles. The van der Waals surface area contributed by atoms with Crippen molar-refractivity contribution < 1.29 is 0 Å². The highest BCUT2D eigenvalue weighted by molar-refractivity contribution is 7.19. The Morgan fingerprint density at radius 3 is 2.91 bits per heavy atom. The summed E-state index contributed by atoms with van der Waals surface area (Å²) in [6.07, 6.45) is 4.65. The van der Waals surface area contributed by atoms with E-state index in [0.29, 0.717) is 17.4 Å². The topological polar surface area (TPSA) is 67.1 Å². The van der Waals surface area contributed by atoms with Crippen LogP contribution in [0.5, 0.6) is 0 Å². The first kappa shape index (κ1) is 15.1. The molecule has 23 heavy (non-hydrogen) atoms. The molecule has 4 rings (SSSR count). The van der Waals surface area contributed by atoms with Crippen molar-refractivity contribution in [2.24, 2.45) is 5.41 Å². The molecule has 1 saturated heterocycles. The van der Waals surface area contributed by atoms with Crippen LogP contribution in [0.3, 0.4) is 0 Å². The number of nitrogen functional groups attached to an aromatic ring is 1. The molecule has 2 aromatic heterocycles. The third kappa shape index (κ3) is 2.58. The van der Waals surface area contributed by atoms with Gasteiger partial charge in [-0.2, -0.15) is 4.98 Å². The van der Waals surface area contributed by atoms with Gasteiger partial charge >= 0.3 is 0 Å². The number of likely N-dealkylation sites (N-methyl/N-ethyl adjacent to an activating group) is 1. The van der Waals surface area contributed by atoms with Gasteiger partial charge in [0.15, 0.2) is 5.82 Å². The quantitative estimate of drug-likeness (QED) is 0.885. The lowest BCUT2D eigenvalue weighted by atomic mass is 9.77. The SMILES string of the molecule is CN[C@@H]1CCN(c2nc(N)nc3c4c(sc23)CCC(C)(C)C4)C1. The van der Waals surface area contributed by atoms with Crippen LogP contribution in [-0.2, 0) is 12.8 Å². The summed E-state index contributed by atoms with van der Waals surface area (Å²) in [6.45, 7) is 6.73. The fourth-order valence-corrected chi connectivity index (χ4v) is 5.15. The van der Waals surface area contributed by atoms with Gasteiger partial charge in [0.25, 0.3) is 0 Å². The van der Waals surface area contributed by atoms with Gasteiger partial charge in [0, 0.05) is 24.0 Å². The standard InChI is InChI=1S/C17H25N5S/c1-17(2)6-4-12-11(8-17)13-14(23-12)15(21-16(18)20-13)22-7-5-10(9-22)19-3/h10,19H,4-9H2,1-3H3,(H2,18,20,21)/t10-/m1/s1. The maximum absolute atomic E-state index is 6.06. The second-order valence-corrected chi connectivity index (χ2v) is 8.75. The van der Waals surface area contributed by atoms with Crippen LogP contribution in [0, 0.1) is 5.41 Å². The molecule has 1 atom stereocenters. The maximum atomic E-state index is 6.06. The van der Waals surface area contributed by atoms with E-state index in [9.17, 15) is 0 Å². The van der Waals surface area contributed by atoms with Gasteiger partial charge in [0.05, 0.1) is 10.2 Å².